The number of nitrogens with zero attached hydrogens (tertiary/aromatic N) is 1. The maximum atomic E-state index is 12.7. The molecule has 1 amide bonds. The molecule has 0 aromatic heterocycles. The van der Waals surface area contributed by atoms with Crippen LogP contribution in [0.1, 0.15) is 27.0 Å². The maximum absolute atomic E-state index is 12.7. The molecule has 11 heteroatoms. The molecule has 27 heavy (non-hydrogen) atoms. The minimum absolute atomic E-state index is 0.157. The first-order chi connectivity index (χ1) is 12.4. The van der Waals surface area contributed by atoms with Gasteiger partial charge in [-0.1, -0.05) is 34.1 Å². The van der Waals surface area contributed by atoms with Gasteiger partial charge in [0, 0.05) is 23.1 Å². The molecule has 2 N–H and O–H groups in total. The Labute approximate surface area is 161 Å². The predicted octanol–water partition coefficient (Wildman–Crippen LogP) is 3.97. The van der Waals surface area contributed by atoms with Crippen LogP contribution in [-0.2, 0) is 29.7 Å². The SMILES string of the molecule is O=C1c2cccc(Br)c2CN1Cc1cccc(C(F)(F)F)c1.O=S(=O)(O)O. The average Bonchev–Trinajstić information content (AvgIpc) is 2.83. The zero-order chi connectivity index (χ0) is 20.4. The molecular formula is C16H13BrF3NO5S. The summed E-state index contributed by atoms with van der Waals surface area (Å²) in [6.45, 7) is 0.551. The van der Waals surface area contributed by atoms with E-state index in [4.69, 9.17) is 17.5 Å². The number of amides is 1. The molecule has 0 radical (unpaired) electrons. The fraction of sp³-hybridized carbons (Fsp3) is 0.188. The lowest BCUT2D eigenvalue weighted by atomic mass is 10.1. The third-order valence-electron chi connectivity index (χ3n) is 3.61. The van der Waals surface area contributed by atoms with Crippen molar-refractivity contribution < 1.29 is 35.5 Å². The van der Waals surface area contributed by atoms with Gasteiger partial charge in [-0.15, -0.1) is 0 Å². The number of fused-ring (bicyclic) bond motifs is 1. The number of hydrogen-bond donors (Lipinski definition) is 2. The number of halogens is 4. The highest BCUT2D eigenvalue weighted by Crippen LogP contribution is 2.32. The Hall–Kier alpha value is -1.95. The highest BCUT2D eigenvalue weighted by atomic mass is 79.9. The summed E-state index contributed by atoms with van der Waals surface area (Å²) in [6, 6.07) is 10.4. The van der Waals surface area contributed by atoms with Crippen LogP contribution >= 0.6 is 15.9 Å². The fourth-order valence-corrected chi connectivity index (χ4v) is 3.04. The molecule has 1 heterocycles. The van der Waals surface area contributed by atoms with Crippen molar-refractivity contribution in [3.05, 3.63) is 69.2 Å². The molecule has 0 saturated heterocycles. The van der Waals surface area contributed by atoms with Crippen molar-refractivity contribution in [2.45, 2.75) is 19.3 Å². The van der Waals surface area contributed by atoms with Crippen molar-refractivity contribution in [1.82, 2.24) is 4.90 Å². The van der Waals surface area contributed by atoms with Crippen LogP contribution in [0.3, 0.4) is 0 Å². The molecule has 1 aliphatic rings. The third kappa shape index (κ3) is 6.03. The second-order valence-electron chi connectivity index (χ2n) is 5.57. The number of hydrogen-bond acceptors (Lipinski definition) is 3. The number of rotatable bonds is 2. The van der Waals surface area contributed by atoms with Crippen LogP contribution in [0.2, 0.25) is 0 Å². The summed E-state index contributed by atoms with van der Waals surface area (Å²) in [7, 11) is -4.67. The Morgan fingerprint density at radius 1 is 1.11 bits per heavy atom. The Morgan fingerprint density at radius 2 is 1.70 bits per heavy atom. The van der Waals surface area contributed by atoms with E-state index in [-0.39, 0.29) is 12.5 Å². The lowest BCUT2D eigenvalue weighted by Crippen LogP contribution is -2.23. The molecular weight excluding hydrogens is 455 g/mol. The molecule has 146 valence electrons. The summed E-state index contributed by atoms with van der Waals surface area (Å²) in [5.41, 5.74) is 1.24. The number of benzene rings is 2. The van der Waals surface area contributed by atoms with Gasteiger partial charge in [0.25, 0.3) is 5.91 Å². The Kier molecular flexibility index (Phi) is 6.30. The van der Waals surface area contributed by atoms with Gasteiger partial charge in [0.2, 0.25) is 0 Å². The summed E-state index contributed by atoms with van der Waals surface area (Å²) >= 11 is 3.40. The van der Waals surface area contributed by atoms with Crippen LogP contribution in [0.5, 0.6) is 0 Å². The Morgan fingerprint density at radius 3 is 2.26 bits per heavy atom. The summed E-state index contributed by atoms with van der Waals surface area (Å²) < 4.78 is 70.6. The molecule has 0 fully saturated rings. The van der Waals surface area contributed by atoms with Gasteiger partial charge in [-0.25, -0.2) is 0 Å². The van der Waals surface area contributed by atoms with Gasteiger partial charge < -0.3 is 4.90 Å². The highest BCUT2D eigenvalue weighted by molar-refractivity contribution is 9.10. The number of carbonyl (C=O) groups is 1. The van der Waals surface area contributed by atoms with E-state index in [1.54, 1.807) is 23.1 Å². The summed E-state index contributed by atoms with van der Waals surface area (Å²) in [5.74, 6) is -0.159. The Bertz CT molecular complexity index is 955. The van der Waals surface area contributed by atoms with Gasteiger partial charge in [0.1, 0.15) is 0 Å². The topological polar surface area (TPSA) is 94.9 Å². The van der Waals surface area contributed by atoms with Gasteiger partial charge >= 0.3 is 16.6 Å². The molecule has 0 unspecified atom stereocenters. The smallest absolute Gasteiger partial charge is 0.330 e. The monoisotopic (exact) mass is 467 g/mol. The molecule has 0 saturated carbocycles. The second kappa shape index (κ2) is 7.97. The largest absolute Gasteiger partial charge is 0.416 e. The summed E-state index contributed by atoms with van der Waals surface area (Å²) in [5, 5.41) is 0. The summed E-state index contributed by atoms with van der Waals surface area (Å²) in [4.78, 5) is 13.9. The van der Waals surface area contributed by atoms with Crippen LogP contribution in [0, 0.1) is 0 Å². The van der Waals surface area contributed by atoms with Crippen LogP contribution in [0.25, 0.3) is 0 Å². The van der Waals surface area contributed by atoms with E-state index in [9.17, 15) is 18.0 Å². The van der Waals surface area contributed by atoms with Crippen LogP contribution in [-0.4, -0.2) is 28.3 Å². The maximum Gasteiger partial charge on any atom is 0.416 e. The third-order valence-corrected chi connectivity index (χ3v) is 4.36. The molecule has 0 atom stereocenters. The van der Waals surface area contributed by atoms with E-state index in [0.717, 1.165) is 22.2 Å². The standard InChI is InChI=1S/C16H11BrF3NO.H2O4S/c17-14-6-2-5-12-13(14)9-21(15(12)22)8-10-3-1-4-11(7-10)16(18,19)20;1-5(2,3)4/h1-7H,8-9H2;(H2,1,2,3,4). The van der Waals surface area contributed by atoms with Gasteiger partial charge in [-0.3, -0.25) is 13.9 Å². The minimum atomic E-state index is -4.67. The van der Waals surface area contributed by atoms with Crippen molar-refractivity contribution in [1.29, 1.82) is 0 Å². The van der Waals surface area contributed by atoms with E-state index < -0.39 is 22.1 Å². The number of carbonyl (C=O) groups excluding carboxylic acids is 1. The molecule has 2 aromatic rings. The van der Waals surface area contributed by atoms with Crippen molar-refractivity contribution >= 4 is 32.2 Å². The van der Waals surface area contributed by atoms with E-state index >= 15 is 0 Å². The normalized spacial score (nSPS) is 13.9. The molecule has 0 spiro atoms. The lowest BCUT2D eigenvalue weighted by molar-refractivity contribution is -0.137. The molecule has 6 nitrogen and oxygen atoms in total. The van der Waals surface area contributed by atoms with Crippen molar-refractivity contribution in [2.75, 3.05) is 0 Å². The number of alkyl halides is 3. The van der Waals surface area contributed by atoms with Crippen molar-refractivity contribution in [3.8, 4) is 0 Å². The molecule has 3 rings (SSSR count). The zero-order valence-corrected chi connectivity index (χ0v) is 15.8. The highest BCUT2D eigenvalue weighted by Gasteiger charge is 2.32. The van der Waals surface area contributed by atoms with E-state index in [2.05, 4.69) is 15.9 Å². The first-order valence-electron chi connectivity index (χ1n) is 7.29. The molecule has 1 aliphatic heterocycles. The molecule has 0 aliphatic carbocycles. The van der Waals surface area contributed by atoms with Gasteiger partial charge in [-0.2, -0.15) is 21.6 Å². The van der Waals surface area contributed by atoms with Crippen molar-refractivity contribution in [2.24, 2.45) is 0 Å². The first-order valence-corrected chi connectivity index (χ1v) is 9.48. The molecule has 2 aromatic carbocycles. The van der Waals surface area contributed by atoms with Crippen LogP contribution < -0.4 is 0 Å². The summed E-state index contributed by atoms with van der Waals surface area (Å²) in [6.07, 6.45) is -4.38. The zero-order valence-electron chi connectivity index (χ0n) is 13.4. The average molecular weight is 468 g/mol. The predicted molar refractivity (Wildman–Crippen MR) is 93.3 cm³/mol. The second-order valence-corrected chi connectivity index (χ2v) is 7.32. The van der Waals surface area contributed by atoms with Gasteiger partial charge in [0.15, 0.2) is 0 Å². The van der Waals surface area contributed by atoms with Crippen molar-refractivity contribution in [3.63, 3.8) is 0 Å². The first kappa shape index (κ1) is 21.4. The van der Waals surface area contributed by atoms with E-state index in [0.29, 0.717) is 17.7 Å². The van der Waals surface area contributed by atoms with E-state index in [1.165, 1.54) is 6.07 Å². The van der Waals surface area contributed by atoms with E-state index in [1.807, 2.05) is 6.07 Å². The van der Waals surface area contributed by atoms with Gasteiger partial charge in [0.05, 0.1) is 5.56 Å². The molecule has 0 bridgehead atoms. The van der Waals surface area contributed by atoms with Crippen LogP contribution in [0.15, 0.2) is 46.9 Å². The fourth-order valence-electron chi connectivity index (χ4n) is 2.55. The van der Waals surface area contributed by atoms with Gasteiger partial charge in [-0.05, 0) is 35.4 Å². The minimum Gasteiger partial charge on any atom is -0.330 e. The van der Waals surface area contributed by atoms with Crippen LogP contribution in [0.4, 0.5) is 13.2 Å². The Balaban J connectivity index is 0.000000465. The quantitative estimate of drug-likeness (QED) is 0.651. The lowest BCUT2D eigenvalue weighted by Gasteiger charge is -2.17.